The van der Waals surface area contributed by atoms with Crippen molar-refractivity contribution in [2.24, 2.45) is 5.92 Å². The fourth-order valence-corrected chi connectivity index (χ4v) is 2.62. The molecule has 1 heterocycles. The van der Waals surface area contributed by atoms with Crippen LogP contribution < -0.4 is 14.8 Å². The van der Waals surface area contributed by atoms with Gasteiger partial charge in [-0.25, -0.2) is 0 Å². The van der Waals surface area contributed by atoms with Crippen molar-refractivity contribution in [3.05, 3.63) is 23.8 Å². The maximum Gasteiger partial charge on any atom is 0.161 e. The van der Waals surface area contributed by atoms with E-state index in [-0.39, 0.29) is 12.2 Å². The van der Waals surface area contributed by atoms with Gasteiger partial charge in [-0.1, -0.05) is 19.9 Å². The molecule has 1 fully saturated rings. The minimum Gasteiger partial charge on any atom is -0.493 e. The van der Waals surface area contributed by atoms with Crippen LogP contribution >= 0.6 is 0 Å². The van der Waals surface area contributed by atoms with Crippen molar-refractivity contribution in [2.75, 3.05) is 27.3 Å². The predicted octanol–water partition coefficient (Wildman–Crippen LogP) is 2.78. The summed E-state index contributed by atoms with van der Waals surface area (Å²) in [6.45, 7) is 6.22. The first-order valence-electron chi connectivity index (χ1n) is 7.22. The lowest BCUT2D eigenvalue weighted by Gasteiger charge is -2.32. The topological polar surface area (TPSA) is 39.7 Å². The Morgan fingerprint density at radius 2 is 1.95 bits per heavy atom. The van der Waals surface area contributed by atoms with E-state index in [0.29, 0.717) is 5.92 Å². The summed E-state index contributed by atoms with van der Waals surface area (Å²) in [7, 11) is 3.30. The van der Waals surface area contributed by atoms with Crippen molar-refractivity contribution in [1.82, 2.24) is 5.32 Å². The van der Waals surface area contributed by atoms with Crippen molar-refractivity contribution in [2.45, 2.75) is 32.5 Å². The standard InChI is InChI=1S/C16H25NO3/c1-11(2)7-13-9-17-10-16(20-13)12-5-6-14(18-3)15(8-12)19-4/h5-6,8,11,13,16-17H,7,9-10H2,1-4H3. The van der Waals surface area contributed by atoms with E-state index in [0.717, 1.165) is 36.6 Å². The number of ether oxygens (including phenoxy) is 3. The second-order valence-electron chi connectivity index (χ2n) is 5.65. The van der Waals surface area contributed by atoms with Crippen molar-refractivity contribution < 1.29 is 14.2 Å². The minimum absolute atomic E-state index is 0.0762. The Morgan fingerprint density at radius 1 is 1.20 bits per heavy atom. The van der Waals surface area contributed by atoms with Gasteiger partial charge in [0.1, 0.15) is 0 Å². The maximum atomic E-state index is 6.20. The van der Waals surface area contributed by atoms with Gasteiger partial charge in [0.2, 0.25) is 0 Å². The third-order valence-electron chi connectivity index (χ3n) is 3.57. The molecule has 1 aliphatic heterocycles. The van der Waals surface area contributed by atoms with Crippen LogP contribution in [0.3, 0.4) is 0 Å². The molecule has 0 aromatic heterocycles. The molecule has 0 radical (unpaired) electrons. The Hall–Kier alpha value is -1.26. The Labute approximate surface area is 121 Å². The highest BCUT2D eigenvalue weighted by molar-refractivity contribution is 5.43. The molecule has 0 bridgehead atoms. The van der Waals surface area contributed by atoms with Gasteiger partial charge in [-0.05, 0) is 30.0 Å². The number of morpholine rings is 1. The average molecular weight is 279 g/mol. The Morgan fingerprint density at radius 3 is 2.60 bits per heavy atom. The summed E-state index contributed by atoms with van der Waals surface area (Å²) in [5.74, 6) is 2.14. The SMILES string of the molecule is COc1ccc(C2CNCC(CC(C)C)O2)cc1OC. The number of hydrogen-bond donors (Lipinski definition) is 1. The molecule has 2 rings (SSSR count). The summed E-state index contributed by atoms with van der Waals surface area (Å²) in [4.78, 5) is 0. The van der Waals surface area contributed by atoms with E-state index in [1.165, 1.54) is 0 Å². The number of hydrogen-bond acceptors (Lipinski definition) is 4. The van der Waals surface area contributed by atoms with Gasteiger partial charge in [0.15, 0.2) is 11.5 Å². The zero-order valence-electron chi connectivity index (χ0n) is 12.8. The molecular formula is C16H25NO3. The summed E-state index contributed by atoms with van der Waals surface area (Å²) < 4.78 is 16.8. The van der Waals surface area contributed by atoms with Crippen LogP contribution in [0.15, 0.2) is 18.2 Å². The lowest BCUT2D eigenvalue weighted by atomic mass is 10.0. The third kappa shape index (κ3) is 3.64. The highest BCUT2D eigenvalue weighted by atomic mass is 16.5. The molecule has 1 aromatic rings. The molecule has 2 unspecified atom stereocenters. The lowest BCUT2D eigenvalue weighted by Crippen LogP contribution is -2.41. The Balaban J connectivity index is 2.10. The second-order valence-corrected chi connectivity index (χ2v) is 5.65. The summed E-state index contributed by atoms with van der Waals surface area (Å²) in [6, 6.07) is 5.98. The molecule has 112 valence electrons. The molecule has 20 heavy (non-hydrogen) atoms. The van der Waals surface area contributed by atoms with Crippen LogP contribution in [0.5, 0.6) is 11.5 Å². The van der Waals surface area contributed by atoms with Crippen LogP contribution in [0.1, 0.15) is 31.9 Å². The predicted molar refractivity (Wildman–Crippen MR) is 79.5 cm³/mol. The van der Waals surface area contributed by atoms with Gasteiger partial charge in [0.25, 0.3) is 0 Å². The molecule has 4 heteroatoms. The van der Waals surface area contributed by atoms with E-state index in [1.54, 1.807) is 14.2 Å². The van der Waals surface area contributed by atoms with Crippen molar-refractivity contribution >= 4 is 0 Å². The zero-order valence-corrected chi connectivity index (χ0v) is 12.8. The lowest BCUT2D eigenvalue weighted by molar-refractivity contribution is -0.0474. The Bertz CT molecular complexity index is 434. The molecular weight excluding hydrogens is 254 g/mol. The Kier molecular flexibility index (Phi) is 5.26. The van der Waals surface area contributed by atoms with Crippen LogP contribution in [-0.2, 0) is 4.74 Å². The molecule has 1 N–H and O–H groups in total. The summed E-state index contributed by atoms with van der Waals surface area (Å²) >= 11 is 0. The molecule has 0 saturated carbocycles. The van der Waals surface area contributed by atoms with Crippen LogP contribution in [0, 0.1) is 5.92 Å². The van der Waals surface area contributed by atoms with E-state index >= 15 is 0 Å². The van der Waals surface area contributed by atoms with Gasteiger partial charge in [-0.3, -0.25) is 0 Å². The number of rotatable bonds is 5. The van der Waals surface area contributed by atoms with Gasteiger partial charge in [-0.2, -0.15) is 0 Å². The first-order chi connectivity index (χ1) is 9.63. The van der Waals surface area contributed by atoms with Gasteiger partial charge >= 0.3 is 0 Å². The molecule has 2 atom stereocenters. The summed E-state index contributed by atoms with van der Waals surface area (Å²) in [5.41, 5.74) is 1.13. The van der Waals surface area contributed by atoms with E-state index in [2.05, 4.69) is 19.2 Å². The van der Waals surface area contributed by atoms with Crippen LogP contribution in [-0.4, -0.2) is 33.4 Å². The van der Waals surface area contributed by atoms with Gasteiger partial charge in [0.05, 0.1) is 26.4 Å². The van der Waals surface area contributed by atoms with E-state index < -0.39 is 0 Å². The zero-order chi connectivity index (χ0) is 14.5. The summed E-state index contributed by atoms with van der Waals surface area (Å²) in [5, 5.41) is 3.46. The van der Waals surface area contributed by atoms with E-state index in [4.69, 9.17) is 14.2 Å². The van der Waals surface area contributed by atoms with Crippen molar-refractivity contribution in [3.63, 3.8) is 0 Å². The molecule has 0 aliphatic carbocycles. The van der Waals surface area contributed by atoms with E-state index in [1.807, 2.05) is 18.2 Å². The highest BCUT2D eigenvalue weighted by Gasteiger charge is 2.24. The highest BCUT2D eigenvalue weighted by Crippen LogP contribution is 2.32. The molecule has 1 aliphatic rings. The quantitative estimate of drug-likeness (QED) is 0.899. The third-order valence-corrected chi connectivity index (χ3v) is 3.57. The van der Waals surface area contributed by atoms with Gasteiger partial charge < -0.3 is 19.5 Å². The minimum atomic E-state index is 0.0762. The van der Waals surface area contributed by atoms with Crippen LogP contribution in [0.25, 0.3) is 0 Å². The number of methoxy groups -OCH3 is 2. The number of nitrogens with one attached hydrogen (secondary N) is 1. The first kappa shape index (κ1) is 15.1. The number of benzene rings is 1. The van der Waals surface area contributed by atoms with Crippen LogP contribution in [0.2, 0.25) is 0 Å². The fourth-order valence-electron chi connectivity index (χ4n) is 2.62. The smallest absolute Gasteiger partial charge is 0.161 e. The molecule has 0 spiro atoms. The van der Waals surface area contributed by atoms with Crippen molar-refractivity contribution in [3.8, 4) is 11.5 Å². The van der Waals surface area contributed by atoms with E-state index in [9.17, 15) is 0 Å². The maximum absolute atomic E-state index is 6.20. The second kappa shape index (κ2) is 6.95. The molecule has 0 amide bonds. The monoisotopic (exact) mass is 279 g/mol. The van der Waals surface area contributed by atoms with Crippen molar-refractivity contribution in [1.29, 1.82) is 0 Å². The molecule has 1 aromatic carbocycles. The average Bonchev–Trinajstić information content (AvgIpc) is 2.46. The van der Waals surface area contributed by atoms with Gasteiger partial charge in [-0.15, -0.1) is 0 Å². The first-order valence-corrected chi connectivity index (χ1v) is 7.22. The fraction of sp³-hybridized carbons (Fsp3) is 0.625. The molecule has 4 nitrogen and oxygen atoms in total. The van der Waals surface area contributed by atoms with Gasteiger partial charge in [0, 0.05) is 13.1 Å². The largest absolute Gasteiger partial charge is 0.493 e. The molecule has 1 saturated heterocycles. The summed E-state index contributed by atoms with van der Waals surface area (Å²) in [6.07, 6.45) is 1.44. The van der Waals surface area contributed by atoms with Crippen LogP contribution in [0.4, 0.5) is 0 Å². The normalized spacial score (nSPS) is 22.9.